The van der Waals surface area contributed by atoms with Crippen LogP contribution in [0.25, 0.3) is 10.9 Å². The number of hydrogen-bond donors (Lipinski definition) is 1. The molecular formula is C12H14FN3. The van der Waals surface area contributed by atoms with E-state index in [0.717, 1.165) is 24.0 Å². The molecule has 3 rings (SSSR count). The number of halogens is 1. The van der Waals surface area contributed by atoms with Gasteiger partial charge in [-0.3, -0.25) is 4.68 Å². The van der Waals surface area contributed by atoms with E-state index in [1.165, 1.54) is 18.9 Å². The molecule has 0 saturated carbocycles. The van der Waals surface area contributed by atoms with Crippen LogP contribution < -0.4 is 5.32 Å². The molecule has 0 radical (unpaired) electrons. The van der Waals surface area contributed by atoms with Crippen molar-refractivity contribution in [2.24, 2.45) is 0 Å². The maximum atomic E-state index is 13.2. The summed E-state index contributed by atoms with van der Waals surface area (Å²) in [4.78, 5) is 0. The number of benzene rings is 1. The maximum Gasteiger partial charge on any atom is 0.125 e. The normalized spacial score (nSPS) is 20.7. The van der Waals surface area contributed by atoms with E-state index in [9.17, 15) is 4.39 Å². The van der Waals surface area contributed by atoms with Crippen LogP contribution in [-0.2, 0) is 6.54 Å². The molecule has 1 aliphatic rings. The van der Waals surface area contributed by atoms with Crippen LogP contribution in [-0.4, -0.2) is 22.4 Å². The number of fused-ring (bicyclic) bond motifs is 1. The predicted molar refractivity (Wildman–Crippen MR) is 60.7 cm³/mol. The van der Waals surface area contributed by atoms with Gasteiger partial charge in [0.05, 0.1) is 18.3 Å². The predicted octanol–water partition coefficient (Wildman–Crippen LogP) is 1.93. The Labute approximate surface area is 93.3 Å². The van der Waals surface area contributed by atoms with Crippen LogP contribution in [0, 0.1) is 5.82 Å². The zero-order chi connectivity index (χ0) is 11.0. The summed E-state index contributed by atoms with van der Waals surface area (Å²) < 4.78 is 15.0. The van der Waals surface area contributed by atoms with Crippen LogP contribution in [0.2, 0.25) is 0 Å². The fourth-order valence-electron chi connectivity index (χ4n) is 2.31. The highest BCUT2D eigenvalue weighted by atomic mass is 19.1. The van der Waals surface area contributed by atoms with Crippen molar-refractivity contribution < 1.29 is 4.39 Å². The van der Waals surface area contributed by atoms with Crippen molar-refractivity contribution in [3.8, 4) is 0 Å². The maximum absolute atomic E-state index is 13.2. The number of rotatable bonds is 2. The third kappa shape index (κ3) is 1.69. The molecule has 1 atom stereocenters. The molecule has 1 unspecified atom stereocenters. The Morgan fingerprint density at radius 3 is 3.25 bits per heavy atom. The number of aromatic nitrogens is 2. The molecule has 1 aromatic heterocycles. The van der Waals surface area contributed by atoms with Gasteiger partial charge in [-0.1, -0.05) is 0 Å². The van der Waals surface area contributed by atoms with Crippen molar-refractivity contribution in [1.82, 2.24) is 15.1 Å². The van der Waals surface area contributed by atoms with E-state index < -0.39 is 0 Å². The molecule has 1 aromatic carbocycles. The van der Waals surface area contributed by atoms with Crippen molar-refractivity contribution >= 4 is 10.9 Å². The molecule has 2 aromatic rings. The SMILES string of the molecule is Fc1ccc2cnn(CC3CCCN3)c2c1. The van der Waals surface area contributed by atoms with Crippen LogP contribution >= 0.6 is 0 Å². The summed E-state index contributed by atoms with van der Waals surface area (Å²) in [7, 11) is 0. The lowest BCUT2D eigenvalue weighted by Gasteiger charge is -2.10. The van der Waals surface area contributed by atoms with Crippen LogP contribution in [0.5, 0.6) is 0 Å². The van der Waals surface area contributed by atoms with Gasteiger partial charge < -0.3 is 5.32 Å². The fraction of sp³-hybridized carbons (Fsp3) is 0.417. The summed E-state index contributed by atoms with van der Waals surface area (Å²) in [5.41, 5.74) is 0.883. The summed E-state index contributed by atoms with van der Waals surface area (Å²) in [6.45, 7) is 1.91. The number of nitrogens with one attached hydrogen (secondary N) is 1. The van der Waals surface area contributed by atoms with Gasteiger partial charge in [-0.15, -0.1) is 0 Å². The second kappa shape index (κ2) is 3.87. The van der Waals surface area contributed by atoms with Gasteiger partial charge in [0.15, 0.2) is 0 Å². The van der Waals surface area contributed by atoms with Gasteiger partial charge in [0.2, 0.25) is 0 Å². The highest BCUT2D eigenvalue weighted by molar-refractivity contribution is 5.78. The summed E-state index contributed by atoms with van der Waals surface area (Å²) >= 11 is 0. The number of hydrogen-bond acceptors (Lipinski definition) is 2. The minimum atomic E-state index is -0.200. The lowest BCUT2D eigenvalue weighted by Crippen LogP contribution is -2.27. The first kappa shape index (κ1) is 9.78. The molecule has 0 aliphatic carbocycles. The first-order chi connectivity index (χ1) is 7.83. The third-order valence-corrected chi connectivity index (χ3v) is 3.16. The van der Waals surface area contributed by atoms with Crippen LogP contribution in [0.15, 0.2) is 24.4 Å². The molecule has 1 fully saturated rings. The van der Waals surface area contributed by atoms with Gasteiger partial charge >= 0.3 is 0 Å². The second-order valence-electron chi connectivity index (χ2n) is 4.32. The third-order valence-electron chi connectivity index (χ3n) is 3.16. The highest BCUT2D eigenvalue weighted by Gasteiger charge is 2.15. The molecule has 0 amide bonds. The Hall–Kier alpha value is -1.42. The Bertz CT molecular complexity index is 500. The quantitative estimate of drug-likeness (QED) is 0.836. The van der Waals surface area contributed by atoms with Crippen molar-refractivity contribution in [2.45, 2.75) is 25.4 Å². The fourth-order valence-corrected chi connectivity index (χ4v) is 2.31. The van der Waals surface area contributed by atoms with Gasteiger partial charge in [0.1, 0.15) is 5.82 Å². The largest absolute Gasteiger partial charge is 0.312 e. The van der Waals surface area contributed by atoms with E-state index in [1.807, 2.05) is 4.68 Å². The molecule has 2 heterocycles. The summed E-state index contributed by atoms with van der Waals surface area (Å²) in [6.07, 6.45) is 4.19. The van der Waals surface area contributed by atoms with Gasteiger partial charge in [0, 0.05) is 11.4 Å². The molecule has 1 aliphatic heterocycles. The second-order valence-corrected chi connectivity index (χ2v) is 4.32. The molecule has 0 bridgehead atoms. The Morgan fingerprint density at radius 2 is 2.44 bits per heavy atom. The standard InChI is InChI=1S/C12H14FN3/c13-10-4-3-9-7-15-16(12(9)6-10)8-11-2-1-5-14-11/h3-4,6-7,11,14H,1-2,5,8H2. The average molecular weight is 219 g/mol. The zero-order valence-corrected chi connectivity index (χ0v) is 8.99. The topological polar surface area (TPSA) is 29.9 Å². The first-order valence-corrected chi connectivity index (χ1v) is 5.67. The summed E-state index contributed by atoms with van der Waals surface area (Å²) in [5, 5.41) is 8.73. The van der Waals surface area contributed by atoms with Gasteiger partial charge in [-0.25, -0.2) is 4.39 Å². The monoisotopic (exact) mass is 219 g/mol. The van der Waals surface area contributed by atoms with E-state index in [4.69, 9.17) is 0 Å². The Kier molecular flexibility index (Phi) is 2.36. The minimum absolute atomic E-state index is 0.200. The van der Waals surface area contributed by atoms with Gasteiger partial charge in [0.25, 0.3) is 0 Å². The summed E-state index contributed by atoms with van der Waals surface area (Å²) in [5.74, 6) is -0.200. The van der Waals surface area contributed by atoms with E-state index in [2.05, 4.69) is 10.4 Å². The van der Waals surface area contributed by atoms with Crippen molar-refractivity contribution in [1.29, 1.82) is 0 Å². The Morgan fingerprint density at radius 1 is 1.50 bits per heavy atom. The molecule has 16 heavy (non-hydrogen) atoms. The average Bonchev–Trinajstić information content (AvgIpc) is 2.90. The molecule has 0 spiro atoms. The molecule has 4 heteroatoms. The molecular weight excluding hydrogens is 205 g/mol. The van der Waals surface area contributed by atoms with Crippen LogP contribution in [0.3, 0.4) is 0 Å². The minimum Gasteiger partial charge on any atom is -0.312 e. The van der Waals surface area contributed by atoms with Crippen molar-refractivity contribution in [3.05, 3.63) is 30.2 Å². The first-order valence-electron chi connectivity index (χ1n) is 5.67. The Balaban J connectivity index is 1.93. The van der Waals surface area contributed by atoms with Gasteiger partial charge in [-0.05, 0) is 37.6 Å². The molecule has 1 saturated heterocycles. The molecule has 1 N–H and O–H groups in total. The van der Waals surface area contributed by atoms with E-state index in [1.54, 1.807) is 18.3 Å². The van der Waals surface area contributed by atoms with Crippen LogP contribution in [0.4, 0.5) is 4.39 Å². The zero-order valence-electron chi connectivity index (χ0n) is 8.99. The molecule has 84 valence electrons. The van der Waals surface area contributed by atoms with Gasteiger partial charge in [-0.2, -0.15) is 5.10 Å². The lowest BCUT2D eigenvalue weighted by molar-refractivity contribution is 0.485. The lowest BCUT2D eigenvalue weighted by atomic mass is 10.2. The smallest absolute Gasteiger partial charge is 0.125 e. The highest BCUT2D eigenvalue weighted by Crippen LogP contribution is 2.16. The van der Waals surface area contributed by atoms with E-state index >= 15 is 0 Å². The molecule has 3 nitrogen and oxygen atoms in total. The van der Waals surface area contributed by atoms with E-state index in [0.29, 0.717) is 6.04 Å². The van der Waals surface area contributed by atoms with Crippen molar-refractivity contribution in [3.63, 3.8) is 0 Å². The van der Waals surface area contributed by atoms with Crippen molar-refractivity contribution in [2.75, 3.05) is 6.54 Å². The van der Waals surface area contributed by atoms with Crippen LogP contribution in [0.1, 0.15) is 12.8 Å². The van der Waals surface area contributed by atoms with E-state index in [-0.39, 0.29) is 5.82 Å². The summed E-state index contributed by atoms with van der Waals surface area (Å²) in [6, 6.07) is 5.28. The number of nitrogens with zero attached hydrogens (tertiary/aromatic N) is 2.